The van der Waals surface area contributed by atoms with E-state index in [9.17, 15) is 0 Å². The molecule has 4 heteroatoms. The molecule has 0 unspecified atom stereocenters. The summed E-state index contributed by atoms with van der Waals surface area (Å²) < 4.78 is 0. The zero-order chi connectivity index (χ0) is 13.9. The van der Waals surface area contributed by atoms with Gasteiger partial charge >= 0.3 is 0 Å². The van der Waals surface area contributed by atoms with Gasteiger partial charge in [0.25, 0.3) is 0 Å². The molecule has 0 aromatic heterocycles. The average molecular weight is 280 g/mol. The number of nitrogens with zero attached hydrogens (tertiary/aromatic N) is 4. The van der Waals surface area contributed by atoms with Crippen LogP contribution < -0.4 is 0 Å². The minimum Gasteiger partial charge on any atom is -0.302 e. The Balaban J connectivity index is 1.38. The van der Waals surface area contributed by atoms with E-state index in [-0.39, 0.29) is 0 Å². The Morgan fingerprint density at radius 1 is 0.650 bits per heavy atom. The van der Waals surface area contributed by atoms with Crippen LogP contribution in [0.15, 0.2) is 0 Å². The van der Waals surface area contributed by atoms with Crippen LogP contribution in [0.5, 0.6) is 0 Å². The molecule has 0 radical (unpaired) electrons. The molecule has 0 N–H and O–H groups in total. The summed E-state index contributed by atoms with van der Waals surface area (Å²) in [5.74, 6) is 0. The van der Waals surface area contributed by atoms with Gasteiger partial charge in [0.15, 0.2) is 0 Å². The number of likely N-dealkylation sites (tertiary alicyclic amines) is 2. The third-order valence-electron chi connectivity index (χ3n) is 5.75. The topological polar surface area (TPSA) is 13.0 Å². The average Bonchev–Trinajstić information content (AvgIpc) is 3.02. The Morgan fingerprint density at radius 2 is 1.05 bits per heavy atom. The number of likely N-dealkylation sites (N-methyl/N-ethyl adjacent to an activating group) is 2. The lowest BCUT2D eigenvalue weighted by Crippen LogP contribution is -2.52. The molecule has 3 rings (SSSR count). The maximum absolute atomic E-state index is 2.70. The highest BCUT2D eigenvalue weighted by Gasteiger charge is 2.28. The summed E-state index contributed by atoms with van der Waals surface area (Å²) >= 11 is 0. The normalized spacial score (nSPS) is 35.1. The lowest BCUT2D eigenvalue weighted by molar-refractivity contribution is 0.0930. The molecular formula is C16H32N4. The molecule has 3 heterocycles. The highest BCUT2D eigenvalue weighted by molar-refractivity contribution is 4.85. The zero-order valence-electron chi connectivity index (χ0n) is 13.4. The minimum absolute atomic E-state index is 0.822. The van der Waals surface area contributed by atoms with E-state index >= 15 is 0 Å². The molecule has 2 atom stereocenters. The Hall–Kier alpha value is -0.160. The van der Waals surface area contributed by atoms with Gasteiger partial charge in [-0.3, -0.25) is 9.80 Å². The van der Waals surface area contributed by atoms with Crippen LogP contribution in [-0.4, -0.2) is 98.1 Å². The highest BCUT2D eigenvalue weighted by atomic mass is 15.3. The van der Waals surface area contributed by atoms with Crippen LogP contribution in [0.2, 0.25) is 0 Å². The van der Waals surface area contributed by atoms with Crippen LogP contribution in [-0.2, 0) is 0 Å². The first-order chi connectivity index (χ1) is 9.72. The monoisotopic (exact) mass is 280 g/mol. The van der Waals surface area contributed by atoms with Gasteiger partial charge in [-0.25, -0.2) is 0 Å². The van der Waals surface area contributed by atoms with Crippen molar-refractivity contribution >= 4 is 0 Å². The van der Waals surface area contributed by atoms with E-state index in [0.717, 1.165) is 12.1 Å². The molecule has 0 aromatic carbocycles. The van der Waals surface area contributed by atoms with Crippen molar-refractivity contribution in [3.8, 4) is 0 Å². The van der Waals surface area contributed by atoms with Crippen molar-refractivity contribution in [1.29, 1.82) is 0 Å². The lowest BCUT2D eigenvalue weighted by Gasteiger charge is -2.38. The largest absolute Gasteiger partial charge is 0.302 e. The van der Waals surface area contributed by atoms with Gasteiger partial charge in [0, 0.05) is 51.4 Å². The maximum Gasteiger partial charge on any atom is 0.0220 e. The summed E-state index contributed by atoms with van der Waals surface area (Å²) in [4.78, 5) is 10.5. The third kappa shape index (κ3) is 3.53. The van der Waals surface area contributed by atoms with Crippen molar-refractivity contribution in [2.24, 2.45) is 0 Å². The maximum atomic E-state index is 2.70. The molecule has 0 bridgehead atoms. The van der Waals surface area contributed by atoms with Crippen molar-refractivity contribution < 1.29 is 0 Å². The van der Waals surface area contributed by atoms with Gasteiger partial charge in [-0.1, -0.05) is 0 Å². The van der Waals surface area contributed by atoms with Crippen LogP contribution in [0.3, 0.4) is 0 Å². The molecule has 0 aromatic rings. The van der Waals surface area contributed by atoms with E-state index in [1.165, 1.54) is 78.0 Å². The van der Waals surface area contributed by atoms with Gasteiger partial charge in [0.1, 0.15) is 0 Å². The SMILES string of the molecule is CN1CCC[C@H]1CN1CCN(C[C@@H]2CCCN2C)CC1. The van der Waals surface area contributed by atoms with E-state index in [4.69, 9.17) is 0 Å². The molecule has 3 aliphatic heterocycles. The third-order valence-corrected chi connectivity index (χ3v) is 5.75. The quantitative estimate of drug-likeness (QED) is 0.755. The Labute approximate surface area is 124 Å². The number of piperazine rings is 1. The van der Waals surface area contributed by atoms with Gasteiger partial charge < -0.3 is 9.80 Å². The smallest absolute Gasteiger partial charge is 0.0220 e. The summed E-state index contributed by atoms with van der Waals surface area (Å²) in [5.41, 5.74) is 0. The van der Waals surface area contributed by atoms with Crippen molar-refractivity contribution in [1.82, 2.24) is 19.6 Å². The van der Waals surface area contributed by atoms with Crippen molar-refractivity contribution in [3.63, 3.8) is 0 Å². The zero-order valence-corrected chi connectivity index (χ0v) is 13.4. The summed E-state index contributed by atoms with van der Waals surface area (Å²) in [6, 6.07) is 1.64. The number of hydrogen-bond donors (Lipinski definition) is 0. The molecule has 3 fully saturated rings. The molecule has 3 aliphatic rings. The van der Waals surface area contributed by atoms with Crippen molar-refractivity contribution in [3.05, 3.63) is 0 Å². The lowest BCUT2D eigenvalue weighted by atomic mass is 10.1. The fourth-order valence-corrected chi connectivity index (χ4v) is 4.17. The molecule has 0 spiro atoms. The van der Waals surface area contributed by atoms with E-state index in [1.54, 1.807) is 0 Å². The van der Waals surface area contributed by atoms with E-state index in [0.29, 0.717) is 0 Å². The van der Waals surface area contributed by atoms with E-state index in [1.807, 2.05) is 0 Å². The second-order valence-corrected chi connectivity index (χ2v) is 7.15. The molecule has 116 valence electrons. The van der Waals surface area contributed by atoms with Gasteiger partial charge in [-0.05, 0) is 52.9 Å². The van der Waals surface area contributed by atoms with Gasteiger partial charge in [-0.15, -0.1) is 0 Å². The molecule has 0 saturated carbocycles. The first-order valence-electron chi connectivity index (χ1n) is 8.57. The number of rotatable bonds is 4. The van der Waals surface area contributed by atoms with Crippen LogP contribution in [0.25, 0.3) is 0 Å². The van der Waals surface area contributed by atoms with Crippen LogP contribution in [0.4, 0.5) is 0 Å². The predicted molar refractivity (Wildman–Crippen MR) is 84.2 cm³/mol. The predicted octanol–water partition coefficient (Wildman–Crippen LogP) is 0.792. The van der Waals surface area contributed by atoms with Gasteiger partial charge in [-0.2, -0.15) is 0 Å². The fraction of sp³-hybridized carbons (Fsp3) is 1.00. The van der Waals surface area contributed by atoms with Crippen molar-refractivity contribution in [2.45, 2.75) is 37.8 Å². The second-order valence-electron chi connectivity index (χ2n) is 7.15. The van der Waals surface area contributed by atoms with Crippen LogP contribution in [0, 0.1) is 0 Å². The van der Waals surface area contributed by atoms with Crippen LogP contribution >= 0.6 is 0 Å². The summed E-state index contributed by atoms with van der Waals surface area (Å²) in [6.45, 7) is 10.3. The first-order valence-corrected chi connectivity index (χ1v) is 8.57. The Kier molecular flexibility index (Phi) is 4.97. The van der Waals surface area contributed by atoms with Crippen LogP contribution in [0.1, 0.15) is 25.7 Å². The molecule has 0 amide bonds. The standard InChI is InChI=1S/C16H32N4/c1-17-7-3-5-15(17)13-19-9-11-20(12-10-19)14-16-6-4-8-18(16)2/h15-16H,3-14H2,1-2H3/t15-,16-/m0/s1. The number of hydrogen-bond acceptors (Lipinski definition) is 4. The summed E-state index contributed by atoms with van der Waals surface area (Å²) in [5, 5.41) is 0. The van der Waals surface area contributed by atoms with E-state index < -0.39 is 0 Å². The summed E-state index contributed by atoms with van der Waals surface area (Å²) in [7, 11) is 4.59. The van der Waals surface area contributed by atoms with Crippen molar-refractivity contribution in [2.75, 3.05) is 66.5 Å². The van der Waals surface area contributed by atoms with Gasteiger partial charge in [0.2, 0.25) is 0 Å². The molecular weight excluding hydrogens is 248 g/mol. The summed E-state index contributed by atoms with van der Waals surface area (Å²) in [6.07, 6.45) is 5.61. The second kappa shape index (κ2) is 6.73. The molecule has 0 aliphatic carbocycles. The minimum atomic E-state index is 0.822. The Bertz CT molecular complexity index is 271. The Morgan fingerprint density at radius 3 is 1.35 bits per heavy atom. The molecule has 20 heavy (non-hydrogen) atoms. The van der Waals surface area contributed by atoms with E-state index in [2.05, 4.69) is 33.7 Å². The molecule has 3 saturated heterocycles. The highest BCUT2D eigenvalue weighted by Crippen LogP contribution is 2.18. The molecule has 4 nitrogen and oxygen atoms in total. The fourth-order valence-electron chi connectivity index (χ4n) is 4.17. The van der Waals surface area contributed by atoms with Gasteiger partial charge in [0.05, 0.1) is 0 Å². The first kappa shape index (κ1) is 14.8.